The van der Waals surface area contributed by atoms with Gasteiger partial charge in [-0.15, -0.1) is 0 Å². The maximum absolute atomic E-state index is 9.17. The van der Waals surface area contributed by atoms with E-state index < -0.39 is 0 Å². The maximum Gasteiger partial charge on any atom is 0.323 e. The average Bonchev–Trinajstić information content (AvgIpc) is 3.32. The number of rotatable bonds is 7. The fraction of sp³-hybridized carbons (Fsp3) is 0.259. The van der Waals surface area contributed by atoms with Gasteiger partial charge in [0.25, 0.3) is 0 Å². The molecule has 8 heteroatoms. The third kappa shape index (κ3) is 5.24. The number of anilines is 1. The summed E-state index contributed by atoms with van der Waals surface area (Å²) in [5.41, 5.74) is 4.51. The van der Waals surface area contributed by atoms with Crippen molar-refractivity contribution in [2.45, 2.75) is 12.8 Å². The summed E-state index contributed by atoms with van der Waals surface area (Å²) in [6, 6.07) is 19.6. The molecule has 174 valence electrons. The van der Waals surface area contributed by atoms with Crippen LogP contribution in [-0.2, 0) is 6.42 Å². The number of aryl methyl sites for hydroxylation is 1. The lowest BCUT2D eigenvalue weighted by atomic mass is 10.1. The van der Waals surface area contributed by atoms with Crippen molar-refractivity contribution in [3.05, 3.63) is 77.7 Å². The number of nitrogens with one attached hydrogen (secondary N) is 1. The second kappa shape index (κ2) is 10.3. The summed E-state index contributed by atoms with van der Waals surface area (Å²) in [7, 11) is 0. The highest BCUT2D eigenvalue weighted by Crippen LogP contribution is 2.24. The van der Waals surface area contributed by atoms with Gasteiger partial charge in [-0.3, -0.25) is 4.90 Å². The number of nitrogens with zero attached hydrogens (tertiary/aromatic N) is 6. The fourth-order valence-electron chi connectivity index (χ4n) is 4.46. The molecule has 4 aromatic rings. The molecule has 2 aromatic carbocycles. The number of fused-ring (bicyclic) bond motifs is 1. The molecule has 0 amide bonds. The van der Waals surface area contributed by atoms with Gasteiger partial charge >= 0.3 is 6.01 Å². The molecule has 0 spiro atoms. The molecule has 1 aliphatic heterocycles. The minimum atomic E-state index is 0.170. The maximum atomic E-state index is 9.17. The topological polar surface area (TPSA) is 105 Å². The molecule has 0 unspecified atom stereocenters. The summed E-state index contributed by atoms with van der Waals surface area (Å²) in [6.07, 6.45) is 5.67. The summed E-state index contributed by atoms with van der Waals surface area (Å²) < 4.78 is 5.68. The zero-order valence-corrected chi connectivity index (χ0v) is 19.3. The van der Waals surface area contributed by atoms with E-state index in [2.05, 4.69) is 37.0 Å². The summed E-state index contributed by atoms with van der Waals surface area (Å²) in [6.45, 7) is 5.07. The molecule has 1 aliphatic rings. The number of aromatic nitrogens is 3. The lowest BCUT2D eigenvalue weighted by Crippen LogP contribution is -2.46. The zero-order valence-electron chi connectivity index (χ0n) is 19.3. The number of hydrogen-bond acceptors (Lipinski definition) is 7. The Morgan fingerprint density at radius 1 is 0.971 bits per heavy atom. The Bertz CT molecular complexity index is 1390. The SMILES string of the molecule is N#Cc1ccc2[nH]cc(CCCN3CCN(c4ccc(Oc5nccc(C#N)n5)cc4)CC3)c2c1. The van der Waals surface area contributed by atoms with Crippen LogP contribution in [0, 0.1) is 22.7 Å². The number of aromatic amines is 1. The average molecular weight is 464 g/mol. The lowest BCUT2D eigenvalue weighted by Gasteiger charge is -2.36. The van der Waals surface area contributed by atoms with Crippen LogP contribution in [0.3, 0.4) is 0 Å². The van der Waals surface area contributed by atoms with Crippen LogP contribution >= 0.6 is 0 Å². The van der Waals surface area contributed by atoms with Gasteiger partial charge in [-0.25, -0.2) is 4.98 Å². The number of nitriles is 2. The minimum absolute atomic E-state index is 0.170. The molecule has 5 rings (SSSR count). The third-order valence-electron chi connectivity index (χ3n) is 6.35. The monoisotopic (exact) mass is 463 g/mol. The van der Waals surface area contributed by atoms with Crippen LogP contribution in [0.15, 0.2) is 60.9 Å². The van der Waals surface area contributed by atoms with Gasteiger partial charge in [0.15, 0.2) is 0 Å². The van der Waals surface area contributed by atoms with Crippen LogP contribution < -0.4 is 9.64 Å². The quantitative estimate of drug-likeness (QED) is 0.437. The van der Waals surface area contributed by atoms with Crippen molar-refractivity contribution in [3.63, 3.8) is 0 Å². The number of piperazine rings is 1. The first-order valence-electron chi connectivity index (χ1n) is 11.7. The normalized spacial score (nSPS) is 13.9. The van der Waals surface area contributed by atoms with Gasteiger partial charge in [0.05, 0.1) is 11.6 Å². The summed E-state index contributed by atoms with van der Waals surface area (Å²) in [5, 5.41) is 19.3. The molecular weight excluding hydrogens is 438 g/mol. The molecule has 0 aliphatic carbocycles. The van der Waals surface area contributed by atoms with Gasteiger partial charge < -0.3 is 14.6 Å². The van der Waals surface area contributed by atoms with Crippen molar-refractivity contribution in [2.75, 3.05) is 37.6 Å². The number of benzene rings is 2. The van der Waals surface area contributed by atoms with Crippen LogP contribution in [0.4, 0.5) is 5.69 Å². The molecule has 0 saturated carbocycles. The second-order valence-corrected chi connectivity index (χ2v) is 8.55. The van der Waals surface area contributed by atoms with E-state index in [1.54, 1.807) is 6.07 Å². The van der Waals surface area contributed by atoms with Crippen molar-refractivity contribution >= 4 is 16.6 Å². The molecule has 1 saturated heterocycles. The van der Waals surface area contributed by atoms with E-state index in [1.807, 2.05) is 48.5 Å². The van der Waals surface area contributed by atoms with E-state index in [9.17, 15) is 5.26 Å². The van der Waals surface area contributed by atoms with Gasteiger partial charge in [0.1, 0.15) is 17.5 Å². The minimum Gasteiger partial charge on any atom is -0.424 e. The standard InChI is InChI=1S/C27H25N7O/c28-17-20-3-8-26-25(16-20)21(19-31-26)2-1-11-33-12-14-34(15-13-33)23-4-6-24(7-5-23)35-27-30-10-9-22(18-29)32-27/h3-10,16,19,31H,1-2,11-15H2. The number of H-pyrrole nitrogens is 1. The molecule has 0 radical (unpaired) electrons. The Hall–Kier alpha value is -4.40. The van der Waals surface area contributed by atoms with Crippen LogP contribution in [0.2, 0.25) is 0 Å². The van der Waals surface area contributed by atoms with Crippen molar-refractivity contribution in [1.82, 2.24) is 19.9 Å². The number of ether oxygens (including phenoxy) is 1. The van der Waals surface area contributed by atoms with E-state index in [0.717, 1.165) is 62.2 Å². The molecule has 1 fully saturated rings. The molecule has 2 aromatic heterocycles. The van der Waals surface area contributed by atoms with Gasteiger partial charge in [-0.05, 0) is 73.5 Å². The Morgan fingerprint density at radius 2 is 1.80 bits per heavy atom. The van der Waals surface area contributed by atoms with Gasteiger partial charge in [-0.2, -0.15) is 15.5 Å². The largest absolute Gasteiger partial charge is 0.424 e. The Balaban J connectivity index is 1.10. The Kier molecular flexibility index (Phi) is 6.56. The van der Waals surface area contributed by atoms with E-state index in [1.165, 1.54) is 11.8 Å². The molecule has 1 N–H and O–H groups in total. The van der Waals surface area contributed by atoms with E-state index in [0.29, 0.717) is 11.3 Å². The van der Waals surface area contributed by atoms with Crippen molar-refractivity contribution in [3.8, 4) is 23.9 Å². The first-order chi connectivity index (χ1) is 17.2. The van der Waals surface area contributed by atoms with Crippen molar-refractivity contribution in [1.29, 1.82) is 10.5 Å². The Morgan fingerprint density at radius 3 is 2.57 bits per heavy atom. The number of hydrogen-bond donors (Lipinski definition) is 1. The summed E-state index contributed by atoms with van der Waals surface area (Å²) in [5.74, 6) is 0.640. The van der Waals surface area contributed by atoms with Crippen LogP contribution in [0.25, 0.3) is 10.9 Å². The van der Waals surface area contributed by atoms with Crippen LogP contribution in [0.5, 0.6) is 11.8 Å². The highest BCUT2D eigenvalue weighted by atomic mass is 16.5. The van der Waals surface area contributed by atoms with E-state index >= 15 is 0 Å². The van der Waals surface area contributed by atoms with Gasteiger partial charge in [0, 0.05) is 55.2 Å². The summed E-state index contributed by atoms with van der Waals surface area (Å²) >= 11 is 0. The molecule has 0 bridgehead atoms. The van der Waals surface area contributed by atoms with E-state index in [-0.39, 0.29) is 11.7 Å². The predicted molar refractivity (Wildman–Crippen MR) is 133 cm³/mol. The zero-order chi connectivity index (χ0) is 24.0. The fourth-order valence-corrected chi connectivity index (χ4v) is 4.46. The van der Waals surface area contributed by atoms with Crippen LogP contribution in [0.1, 0.15) is 23.2 Å². The summed E-state index contributed by atoms with van der Waals surface area (Å²) in [4.78, 5) is 16.3. The molecule has 0 atom stereocenters. The highest BCUT2D eigenvalue weighted by molar-refractivity contribution is 5.84. The predicted octanol–water partition coefficient (Wildman–Crippen LogP) is 4.25. The molecule has 3 heterocycles. The Labute approximate surface area is 204 Å². The second-order valence-electron chi connectivity index (χ2n) is 8.55. The molecule has 8 nitrogen and oxygen atoms in total. The molecule has 35 heavy (non-hydrogen) atoms. The molecular formula is C27H25N7O. The smallest absolute Gasteiger partial charge is 0.323 e. The van der Waals surface area contributed by atoms with Crippen LogP contribution in [-0.4, -0.2) is 52.6 Å². The first kappa shape index (κ1) is 22.4. The van der Waals surface area contributed by atoms with Crippen molar-refractivity contribution < 1.29 is 4.74 Å². The van der Waals surface area contributed by atoms with E-state index in [4.69, 9.17) is 10.00 Å². The van der Waals surface area contributed by atoms with Gasteiger partial charge in [0.2, 0.25) is 0 Å². The first-order valence-corrected chi connectivity index (χ1v) is 11.7. The van der Waals surface area contributed by atoms with Gasteiger partial charge in [-0.1, -0.05) is 0 Å². The lowest BCUT2D eigenvalue weighted by molar-refractivity contribution is 0.255. The third-order valence-corrected chi connectivity index (χ3v) is 6.35. The highest BCUT2D eigenvalue weighted by Gasteiger charge is 2.17. The van der Waals surface area contributed by atoms with Crippen molar-refractivity contribution in [2.24, 2.45) is 0 Å².